The Morgan fingerprint density at radius 2 is 1.94 bits per heavy atom. The van der Waals surface area contributed by atoms with Gasteiger partial charge in [-0.1, -0.05) is 12.1 Å². The number of rotatable bonds is 5. The molecule has 1 aromatic heterocycles. The number of anilines is 1. The topological polar surface area (TPSA) is 85.9 Å². The van der Waals surface area contributed by atoms with E-state index >= 15 is 0 Å². The van der Waals surface area contributed by atoms with E-state index in [-0.39, 0.29) is 24.5 Å². The van der Waals surface area contributed by atoms with Crippen LogP contribution < -0.4 is 20.1 Å². The standard InChI is InChI=1S/C23H26N2O5S/c26-21(18-13-29-16-8-2-3-9-17(16)30-18)25-23-20(15-7-1-4-10-19(15)31-23)22(27)24-12-14-6-5-11-28-14/h2-3,8-9,14,18H,1,4-7,10-13H2,(H,24,27)(H,25,26). The largest absolute Gasteiger partial charge is 0.485 e. The molecule has 1 aliphatic carbocycles. The molecule has 0 spiro atoms. The third kappa shape index (κ3) is 4.27. The van der Waals surface area contributed by atoms with Gasteiger partial charge in [-0.25, -0.2) is 0 Å². The second-order valence-electron chi connectivity index (χ2n) is 8.11. The molecule has 2 aromatic rings. The molecule has 164 valence electrons. The highest BCUT2D eigenvalue weighted by Crippen LogP contribution is 2.39. The van der Waals surface area contributed by atoms with Gasteiger partial charge < -0.3 is 24.8 Å². The van der Waals surface area contributed by atoms with Crippen LogP contribution in [-0.2, 0) is 22.4 Å². The summed E-state index contributed by atoms with van der Waals surface area (Å²) in [6, 6.07) is 7.29. The van der Waals surface area contributed by atoms with Gasteiger partial charge >= 0.3 is 0 Å². The van der Waals surface area contributed by atoms with E-state index in [1.165, 1.54) is 16.2 Å². The summed E-state index contributed by atoms with van der Waals surface area (Å²) in [6.45, 7) is 1.38. The zero-order valence-corrected chi connectivity index (χ0v) is 18.1. The number of benzene rings is 1. The summed E-state index contributed by atoms with van der Waals surface area (Å²) in [4.78, 5) is 27.3. The van der Waals surface area contributed by atoms with Crippen LogP contribution in [0.25, 0.3) is 0 Å². The minimum atomic E-state index is -0.767. The number of hydrogen-bond donors (Lipinski definition) is 2. The molecular weight excluding hydrogens is 416 g/mol. The number of nitrogens with one attached hydrogen (secondary N) is 2. The lowest BCUT2D eigenvalue weighted by Gasteiger charge is -2.25. The van der Waals surface area contributed by atoms with Crippen LogP contribution in [0, 0.1) is 0 Å². The number of para-hydroxylation sites is 2. The van der Waals surface area contributed by atoms with E-state index in [0.29, 0.717) is 28.6 Å². The summed E-state index contributed by atoms with van der Waals surface area (Å²) in [5, 5.41) is 6.58. The average molecular weight is 443 g/mol. The first kappa shape index (κ1) is 20.3. The van der Waals surface area contributed by atoms with Crippen LogP contribution in [0.4, 0.5) is 5.00 Å². The van der Waals surface area contributed by atoms with Crippen LogP contribution in [-0.4, -0.2) is 43.8 Å². The Balaban J connectivity index is 1.33. The van der Waals surface area contributed by atoms with Crippen molar-refractivity contribution in [3.05, 3.63) is 40.3 Å². The Kier molecular flexibility index (Phi) is 5.82. The lowest BCUT2D eigenvalue weighted by Crippen LogP contribution is -2.40. The first-order chi connectivity index (χ1) is 15.2. The quantitative estimate of drug-likeness (QED) is 0.742. The third-order valence-corrected chi connectivity index (χ3v) is 7.16. The molecule has 0 radical (unpaired) electrons. The van der Waals surface area contributed by atoms with Crippen molar-refractivity contribution >= 4 is 28.2 Å². The maximum Gasteiger partial charge on any atom is 0.269 e. The molecule has 7 nitrogen and oxygen atoms in total. The zero-order valence-electron chi connectivity index (χ0n) is 17.3. The van der Waals surface area contributed by atoms with Crippen LogP contribution in [0.2, 0.25) is 0 Å². The number of carbonyl (C=O) groups is 2. The maximum absolute atomic E-state index is 13.1. The van der Waals surface area contributed by atoms with Crippen LogP contribution in [0.15, 0.2) is 24.3 Å². The molecular formula is C23H26N2O5S. The van der Waals surface area contributed by atoms with Gasteiger partial charge in [0, 0.05) is 18.0 Å². The molecule has 0 saturated carbocycles. The van der Waals surface area contributed by atoms with Gasteiger partial charge in [-0.05, 0) is 56.2 Å². The monoisotopic (exact) mass is 442 g/mol. The molecule has 1 fully saturated rings. The highest BCUT2D eigenvalue weighted by molar-refractivity contribution is 7.17. The first-order valence-electron chi connectivity index (χ1n) is 10.9. The molecule has 1 saturated heterocycles. The fourth-order valence-corrected chi connectivity index (χ4v) is 5.63. The highest BCUT2D eigenvalue weighted by atomic mass is 32.1. The Bertz CT molecular complexity index is 982. The number of aryl methyl sites for hydroxylation is 1. The second-order valence-corrected chi connectivity index (χ2v) is 9.22. The predicted molar refractivity (Wildman–Crippen MR) is 117 cm³/mol. The molecule has 2 unspecified atom stereocenters. The Hall–Kier alpha value is -2.58. The van der Waals surface area contributed by atoms with Crippen LogP contribution in [0.5, 0.6) is 11.5 Å². The van der Waals surface area contributed by atoms with E-state index in [9.17, 15) is 9.59 Å². The van der Waals surface area contributed by atoms with Gasteiger partial charge in [0.05, 0.1) is 11.7 Å². The fraction of sp³-hybridized carbons (Fsp3) is 0.478. The van der Waals surface area contributed by atoms with E-state index in [1.54, 1.807) is 6.07 Å². The SMILES string of the molecule is O=C(NCC1CCCO1)c1c(NC(=O)C2COc3ccccc3O2)sc2c1CCCC2. The number of hydrogen-bond acceptors (Lipinski definition) is 6. The number of carbonyl (C=O) groups excluding carboxylic acids is 2. The third-order valence-electron chi connectivity index (χ3n) is 5.95. The smallest absolute Gasteiger partial charge is 0.269 e. The predicted octanol–water partition coefficient (Wildman–Crippen LogP) is 3.31. The number of amides is 2. The van der Waals surface area contributed by atoms with E-state index < -0.39 is 6.10 Å². The van der Waals surface area contributed by atoms with E-state index in [4.69, 9.17) is 14.2 Å². The molecule has 3 heterocycles. The summed E-state index contributed by atoms with van der Waals surface area (Å²) in [6.07, 6.45) is 5.27. The van der Waals surface area contributed by atoms with Gasteiger partial charge in [0.2, 0.25) is 6.10 Å². The van der Waals surface area contributed by atoms with Crippen molar-refractivity contribution in [3.63, 3.8) is 0 Å². The molecule has 2 aliphatic heterocycles. The molecule has 2 N–H and O–H groups in total. The molecule has 2 atom stereocenters. The van der Waals surface area contributed by atoms with Crippen LogP contribution >= 0.6 is 11.3 Å². The average Bonchev–Trinajstić information content (AvgIpc) is 3.44. The molecule has 31 heavy (non-hydrogen) atoms. The van der Waals surface area contributed by atoms with E-state index in [1.807, 2.05) is 18.2 Å². The number of ether oxygens (including phenoxy) is 3. The van der Waals surface area contributed by atoms with E-state index in [0.717, 1.165) is 50.7 Å². The van der Waals surface area contributed by atoms with Gasteiger partial charge in [-0.3, -0.25) is 9.59 Å². The van der Waals surface area contributed by atoms with Crippen molar-refractivity contribution in [3.8, 4) is 11.5 Å². The second kappa shape index (κ2) is 8.88. The molecule has 5 rings (SSSR count). The van der Waals surface area contributed by atoms with Gasteiger partial charge in [-0.2, -0.15) is 0 Å². The minimum absolute atomic E-state index is 0.0734. The number of thiophene rings is 1. The van der Waals surface area contributed by atoms with E-state index in [2.05, 4.69) is 10.6 Å². The fourth-order valence-electron chi connectivity index (χ4n) is 4.34. The van der Waals surface area contributed by atoms with Crippen LogP contribution in [0.3, 0.4) is 0 Å². The summed E-state index contributed by atoms with van der Waals surface area (Å²) in [7, 11) is 0. The Morgan fingerprint density at radius 3 is 2.77 bits per heavy atom. The summed E-state index contributed by atoms with van der Waals surface area (Å²) in [5.41, 5.74) is 1.67. The summed E-state index contributed by atoms with van der Waals surface area (Å²) < 4.78 is 17.1. The van der Waals surface area contributed by atoms with Crippen molar-refractivity contribution in [2.75, 3.05) is 25.1 Å². The molecule has 3 aliphatic rings. The summed E-state index contributed by atoms with van der Waals surface area (Å²) >= 11 is 1.51. The molecule has 2 amide bonds. The van der Waals surface area contributed by atoms with Gasteiger partial charge in [0.1, 0.15) is 11.6 Å². The lowest BCUT2D eigenvalue weighted by atomic mass is 9.95. The Labute approximate surface area is 185 Å². The summed E-state index contributed by atoms with van der Waals surface area (Å²) in [5.74, 6) is 0.735. The normalized spacial score (nSPS) is 21.9. The van der Waals surface area contributed by atoms with Crippen molar-refractivity contribution in [1.29, 1.82) is 0 Å². The lowest BCUT2D eigenvalue weighted by molar-refractivity contribution is -0.125. The van der Waals surface area contributed by atoms with Gasteiger partial charge in [-0.15, -0.1) is 11.3 Å². The van der Waals surface area contributed by atoms with Gasteiger partial charge in [0.25, 0.3) is 11.8 Å². The maximum atomic E-state index is 13.1. The van der Waals surface area contributed by atoms with Crippen molar-refractivity contribution < 1.29 is 23.8 Å². The highest BCUT2D eigenvalue weighted by Gasteiger charge is 2.31. The molecule has 0 bridgehead atoms. The number of fused-ring (bicyclic) bond motifs is 2. The van der Waals surface area contributed by atoms with Crippen molar-refractivity contribution in [2.24, 2.45) is 0 Å². The first-order valence-corrected chi connectivity index (χ1v) is 11.7. The van der Waals surface area contributed by atoms with Gasteiger partial charge in [0.15, 0.2) is 11.5 Å². The zero-order chi connectivity index (χ0) is 21.2. The molecule has 8 heteroatoms. The van der Waals surface area contributed by atoms with Crippen LogP contribution in [0.1, 0.15) is 46.5 Å². The molecule has 1 aromatic carbocycles. The van der Waals surface area contributed by atoms with Crippen molar-refractivity contribution in [1.82, 2.24) is 5.32 Å². The Morgan fingerprint density at radius 1 is 1.10 bits per heavy atom. The minimum Gasteiger partial charge on any atom is -0.485 e. The van der Waals surface area contributed by atoms with Crippen molar-refractivity contribution in [2.45, 2.75) is 50.7 Å².